The Balaban J connectivity index is 2.18. The van der Waals surface area contributed by atoms with Gasteiger partial charge in [0, 0.05) is 25.7 Å². The van der Waals surface area contributed by atoms with Gasteiger partial charge in [0.2, 0.25) is 0 Å². The molecule has 1 unspecified atom stereocenters. The molecule has 2 rings (SSSR count). The Hall–Kier alpha value is -0.880. The molecule has 1 aliphatic rings. The van der Waals surface area contributed by atoms with Gasteiger partial charge in [-0.25, -0.2) is 9.97 Å². The largest absolute Gasteiger partial charge is 0.396 e. The van der Waals surface area contributed by atoms with Crippen molar-refractivity contribution < 1.29 is 5.11 Å². The number of hydrogen-bond donors (Lipinski definition) is 2. The maximum atomic E-state index is 8.99. The van der Waals surface area contributed by atoms with Gasteiger partial charge in [0.25, 0.3) is 0 Å². The van der Waals surface area contributed by atoms with E-state index in [0.717, 1.165) is 42.0 Å². The number of aliphatic hydroxyl groups excluding tert-OH is 1. The zero-order chi connectivity index (χ0) is 13.7. The third kappa shape index (κ3) is 3.36. The molecule has 0 aliphatic carbocycles. The zero-order valence-electron chi connectivity index (χ0n) is 11.3. The first-order chi connectivity index (χ1) is 9.27. The molecule has 106 valence electrons. The molecule has 1 saturated heterocycles. The van der Waals surface area contributed by atoms with Crippen LogP contribution in [0.5, 0.6) is 0 Å². The van der Waals surface area contributed by atoms with Crippen molar-refractivity contribution in [3.8, 4) is 0 Å². The number of hydrogen-bond acceptors (Lipinski definition) is 5. The SMILES string of the molecule is CCNc1ncnc(N2CCCC2CCCO)c1Br. The van der Waals surface area contributed by atoms with Crippen molar-refractivity contribution in [2.45, 2.75) is 38.6 Å². The van der Waals surface area contributed by atoms with Gasteiger partial charge in [-0.1, -0.05) is 0 Å². The summed E-state index contributed by atoms with van der Waals surface area (Å²) in [5.41, 5.74) is 0. The van der Waals surface area contributed by atoms with E-state index in [0.29, 0.717) is 6.04 Å². The molecular formula is C13H21BrN4O. The molecule has 1 fully saturated rings. The molecule has 1 aromatic rings. The minimum atomic E-state index is 0.262. The summed E-state index contributed by atoms with van der Waals surface area (Å²) >= 11 is 3.61. The standard InChI is InChI=1S/C13H21BrN4O/c1-2-15-12-11(14)13(17-9-16-12)18-7-3-5-10(18)6-4-8-19/h9-10,19H,2-8H2,1H3,(H,15,16,17). The Morgan fingerprint density at radius 2 is 2.37 bits per heavy atom. The van der Waals surface area contributed by atoms with Crippen LogP contribution in [0, 0.1) is 0 Å². The van der Waals surface area contributed by atoms with Crippen molar-refractivity contribution in [2.24, 2.45) is 0 Å². The van der Waals surface area contributed by atoms with E-state index in [-0.39, 0.29) is 6.61 Å². The number of aromatic nitrogens is 2. The molecular weight excluding hydrogens is 308 g/mol. The van der Waals surface area contributed by atoms with Gasteiger partial charge in [0.1, 0.15) is 22.4 Å². The van der Waals surface area contributed by atoms with E-state index in [9.17, 15) is 0 Å². The minimum Gasteiger partial charge on any atom is -0.396 e. The quantitative estimate of drug-likeness (QED) is 0.839. The summed E-state index contributed by atoms with van der Waals surface area (Å²) in [5.74, 6) is 1.81. The zero-order valence-corrected chi connectivity index (χ0v) is 12.9. The Morgan fingerprint density at radius 1 is 1.53 bits per heavy atom. The second-order valence-electron chi connectivity index (χ2n) is 4.75. The smallest absolute Gasteiger partial charge is 0.148 e. The molecule has 0 saturated carbocycles. The molecule has 0 bridgehead atoms. The molecule has 0 radical (unpaired) electrons. The molecule has 2 heterocycles. The summed E-state index contributed by atoms with van der Waals surface area (Å²) in [7, 11) is 0. The van der Waals surface area contributed by atoms with Gasteiger partial charge >= 0.3 is 0 Å². The van der Waals surface area contributed by atoms with Gasteiger partial charge in [-0.05, 0) is 48.5 Å². The first kappa shape index (κ1) is 14.5. The van der Waals surface area contributed by atoms with Gasteiger partial charge < -0.3 is 15.3 Å². The molecule has 2 N–H and O–H groups in total. The summed E-state index contributed by atoms with van der Waals surface area (Å²) in [6.45, 7) is 4.17. The average molecular weight is 329 g/mol. The number of anilines is 2. The lowest BCUT2D eigenvalue weighted by Gasteiger charge is -2.27. The third-order valence-electron chi connectivity index (χ3n) is 3.46. The predicted molar refractivity (Wildman–Crippen MR) is 80.6 cm³/mol. The second-order valence-corrected chi connectivity index (χ2v) is 5.54. The highest BCUT2D eigenvalue weighted by atomic mass is 79.9. The van der Waals surface area contributed by atoms with Crippen molar-refractivity contribution in [3.05, 3.63) is 10.8 Å². The molecule has 0 spiro atoms. The van der Waals surface area contributed by atoms with Crippen molar-refractivity contribution in [2.75, 3.05) is 29.9 Å². The Bertz CT molecular complexity index is 416. The Labute approximate surface area is 122 Å². The van der Waals surface area contributed by atoms with E-state index in [1.54, 1.807) is 6.33 Å². The van der Waals surface area contributed by atoms with Crippen molar-refractivity contribution in [1.29, 1.82) is 0 Å². The van der Waals surface area contributed by atoms with Crippen LogP contribution in [-0.2, 0) is 0 Å². The molecule has 1 aliphatic heterocycles. The van der Waals surface area contributed by atoms with Crippen LogP contribution >= 0.6 is 15.9 Å². The normalized spacial score (nSPS) is 18.9. The summed E-state index contributed by atoms with van der Waals surface area (Å²) in [5, 5.41) is 12.2. The minimum absolute atomic E-state index is 0.262. The summed E-state index contributed by atoms with van der Waals surface area (Å²) in [6, 6.07) is 0.479. The van der Waals surface area contributed by atoms with Crippen LogP contribution in [-0.4, -0.2) is 40.8 Å². The first-order valence-corrected chi connectivity index (χ1v) is 7.69. The van der Waals surface area contributed by atoms with E-state index in [4.69, 9.17) is 5.11 Å². The number of halogens is 1. The van der Waals surface area contributed by atoms with Crippen LogP contribution in [0.2, 0.25) is 0 Å². The van der Waals surface area contributed by atoms with Crippen LogP contribution < -0.4 is 10.2 Å². The third-order valence-corrected chi connectivity index (χ3v) is 4.19. The highest BCUT2D eigenvalue weighted by Gasteiger charge is 2.27. The van der Waals surface area contributed by atoms with E-state index >= 15 is 0 Å². The van der Waals surface area contributed by atoms with Gasteiger partial charge in [-0.3, -0.25) is 0 Å². The second kappa shape index (κ2) is 7.05. The maximum absolute atomic E-state index is 8.99. The molecule has 5 nitrogen and oxygen atoms in total. The molecule has 0 amide bonds. The van der Waals surface area contributed by atoms with E-state index in [1.807, 2.05) is 6.92 Å². The topological polar surface area (TPSA) is 61.3 Å². The van der Waals surface area contributed by atoms with Gasteiger partial charge in [0.15, 0.2) is 0 Å². The molecule has 0 aromatic carbocycles. The van der Waals surface area contributed by atoms with Gasteiger partial charge in [-0.2, -0.15) is 0 Å². The highest BCUT2D eigenvalue weighted by molar-refractivity contribution is 9.10. The van der Waals surface area contributed by atoms with Crippen LogP contribution in [0.25, 0.3) is 0 Å². The Kier molecular flexibility index (Phi) is 5.39. The lowest BCUT2D eigenvalue weighted by molar-refractivity contribution is 0.279. The van der Waals surface area contributed by atoms with E-state index in [2.05, 4.69) is 36.1 Å². The van der Waals surface area contributed by atoms with Crippen LogP contribution in [0.1, 0.15) is 32.6 Å². The lowest BCUT2D eigenvalue weighted by atomic mass is 10.1. The maximum Gasteiger partial charge on any atom is 0.148 e. The van der Waals surface area contributed by atoms with Gasteiger partial charge in [-0.15, -0.1) is 0 Å². The van der Waals surface area contributed by atoms with Crippen molar-refractivity contribution >= 4 is 27.6 Å². The fraction of sp³-hybridized carbons (Fsp3) is 0.692. The van der Waals surface area contributed by atoms with E-state index < -0.39 is 0 Å². The predicted octanol–water partition coefficient (Wildman–Crippen LogP) is 2.41. The molecule has 1 atom stereocenters. The molecule has 1 aromatic heterocycles. The summed E-state index contributed by atoms with van der Waals surface area (Å²) in [6.07, 6.45) is 5.84. The van der Waals surface area contributed by atoms with E-state index in [1.165, 1.54) is 12.8 Å². The van der Waals surface area contributed by atoms with Crippen LogP contribution in [0.15, 0.2) is 10.8 Å². The first-order valence-electron chi connectivity index (χ1n) is 6.89. The monoisotopic (exact) mass is 328 g/mol. The van der Waals surface area contributed by atoms with Gasteiger partial charge in [0.05, 0.1) is 0 Å². The number of rotatable bonds is 6. The lowest BCUT2D eigenvalue weighted by Crippen LogP contribution is -2.30. The number of aliphatic hydroxyl groups is 1. The van der Waals surface area contributed by atoms with Crippen LogP contribution in [0.4, 0.5) is 11.6 Å². The summed E-state index contributed by atoms with van der Waals surface area (Å²) in [4.78, 5) is 11.0. The molecule has 19 heavy (non-hydrogen) atoms. The molecule has 6 heteroatoms. The summed E-state index contributed by atoms with van der Waals surface area (Å²) < 4.78 is 0.938. The number of nitrogens with zero attached hydrogens (tertiary/aromatic N) is 3. The number of nitrogens with one attached hydrogen (secondary N) is 1. The Morgan fingerprint density at radius 3 is 3.11 bits per heavy atom. The average Bonchev–Trinajstić information content (AvgIpc) is 2.87. The van der Waals surface area contributed by atoms with Crippen LogP contribution in [0.3, 0.4) is 0 Å². The van der Waals surface area contributed by atoms with Crippen molar-refractivity contribution in [3.63, 3.8) is 0 Å². The van der Waals surface area contributed by atoms with Crippen molar-refractivity contribution in [1.82, 2.24) is 9.97 Å². The highest BCUT2D eigenvalue weighted by Crippen LogP contribution is 2.34. The fourth-order valence-corrected chi connectivity index (χ4v) is 3.17. The fourth-order valence-electron chi connectivity index (χ4n) is 2.59.